The number of imidazole rings is 1. The third kappa shape index (κ3) is 7.08. The Morgan fingerprint density at radius 2 is 1.76 bits per heavy atom. The van der Waals surface area contributed by atoms with Crippen LogP contribution in [0.3, 0.4) is 0 Å². The number of benzene rings is 2. The predicted molar refractivity (Wildman–Crippen MR) is 136 cm³/mol. The zero-order chi connectivity index (χ0) is 23.5. The second-order valence-corrected chi connectivity index (χ2v) is 8.75. The molecule has 5 nitrogen and oxygen atoms in total. The van der Waals surface area contributed by atoms with E-state index in [2.05, 4.69) is 54.9 Å². The number of nitrogens with one attached hydrogen (secondary N) is 1. The molecular formula is C28H39N3O2. The Morgan fingerprint density at radius 1 is 1.00 bits per heavy atom. The summed E-state index contributed by atoms with van der Waals surface area (Å²) in [5, 5.41) is 3.09. The van der Waals surface area contributed by atoms with Gasteiger partial charge in [-0.25, -0.2) is 4.98 Å². The number of aromatic nitrogens is 2. The Bertz CT molecular complexity index is 1010. The first-order valence-electron chi connectivity index (χ1n) is 12.5. The van der Waals surface area contributed by atoms with Crippen LogP contribution in [0.15, 0.2) is 48.5 Å². The lowest BCUT2D eigenvalue weighted by molar-refractivity contribution is -0.125. The number of carbonyl (C=O) groups is 1. The van der Waals surface area contributed by atoms with Crippen LogP contribution in [0.25, 0.3) is 11.0 Å². The molecule has 2 aromatic carbocycles. The van der Waals surface area contributed by atoms with Crippen LogP contribution in [0.2, 0.25) is 0 Å². The quantitative estimate of drug-likeness (QED) is 0.304. The second-order valence-electron chi connectivity index (χ2n) is 8.75. The number of aryl methyl sites for hydroxylation is 3. The van der Waals surface area contributed by atoms with Gasteiger partial charge in [-0.3, -0.25) is 4.79 Å². The average Bonchev–Trinajstić information content (AvgIpc) is 3.18. The first-order valence-corrected chi connectivity index (χ1v) is 12.5. The summed E-state index contributed by atoms with van der Waals surface area (Å²) in [5.41, 5.74) is 3.42. The SMILES string of the molecule is CCC(CC)C(=O)NCCCCCc1nc2ccccc2n1CCCOc1ccccc1C. The van der Waals surface area contributed by atoms with Crippen molar-refractivity contribution in [1.82, 2.24) is 14.9 Å². The van der Waals surface area contributed by atoms with Crippen LogP contribution in [0, 0.1) is 12.8 Å². The molecule has 3 aromatic rings. The highest BCUT2D eigenvalue weighted by molar-refractivity contribution is 5.78. The minimum absolute atomic E-state index is 0.152. The molecule has 1 aromatic heterocycles. The fourth-order valence-corrected chi connectivity index (χ4v) is 4.29. The third-order valence-corrected chi connectivity index (χ3v) is 6.34. The number of amides is 1. The van der Waals surface area contributed by atoms with Gasteiger partial charge in [0.15, 0.2) is 0 Å². The summed E-state index contributed by atoms with van der Waals surface area (Å²) in [4.78, 5) is 17.0. The maximum atomic E-state index is 12.1. The maximum Gasteiger partial charge on any atom is 0.223 e. The molecule has 1 N–H and O–H groups in total. The average molecular weight is 450 g/mol. The standard InChI is InChI=1S/C28H39N3O2/c1-4-23(5-2)28(32)29-19-12-6-7-18-27-30-24-15-9-10-16-25(24)31(27)20-13-21-33-26-17-11-8-14-22(26)3/h8-11,14-17,23H,4-7,12-13,18-21H2,1-3H3,(H,29,32). The molecule has 1 heterocycles. The van der Waals surface area contributed by atoms with Crippen LogP contribution in [0.5, 0.6) is 5.75 Å². The molecule has 0 bridgehead atoms. The molecule has 3 rings (SSSR count). The Hall–Kier alpha value is -2.82. The highest BCUT2D eigenvalue weighted by Gasteiger charge is 2.13. The van der Waals surface area contributed by atoms with Crippen molar-refractivity contribution in [3.8, 4) is 5.75 Å². The summed E-state index contributed by atoms with van der Waals surface area (Å²) in [6.07, 6.45) is 6.88. The second kappa shape index (κ2) is 13.0. The van der Waals surface area contributed by atoms with Crippen LogP contribution in [0.4, 0.5) is 0 Å². The molecule has 1 amide bonds. The number of hydrogen-bond acceptors (Lipinski definition) is 3. The molecule has 0 atom stereocenters. The Labute approximate surface area is 198 Å². The van der Waals surface area contributed by atoms with E-state index < -0.39 is 0 Å². The van der Waals surface area contributed by atoms with Crippen molar-refractivity contribution in [1.29, 1.82) is 0 Å². The summed E-state index contributed by atoms with van der Waals surface area (Å²) < 4.78 is 8.35. The van der Waals surface area contributed by atoms with E-state index in [0.717, 1.165) is 75.1 Å². The maximum absolute atomic E-state index is 12.1. The first kappa shape index (κ1) is 24.8. The molecule has 178 valence electrons. The Kier molecular flexibility index (Phi) is 9.79. The molecular weight excluding hydrogens is 410 g/mol. The Morgan fingerprint density at radius 3 is 2.55 bits per heavy atom. The molecule has 0 fully saturated rings. The van der Waals surface area contributed by atoms with Gasteiger partial charge < -0.3 is 14.6 Å². The highest BCUT2D eigenvalue weighted by atomic mass is 16.5. The monoisotopic (exact) mass is 449 g/mol. The number of fused-ring (bicyclic) bond motifs is 1. The Balaban J connectivity index is 1.48. The van der Waals surface area contributed by atoms with Crippen LogP contribution in [-0.2, 0) is 17.8 Å². The largest absolute Gasteiger partial charge is 0.493 e. The van der Waals surface area contributed by atoms with Crippen LogP contribution < -0.4 is 10.1 Å². The van der Waals surface area contributed by atoms with Crippen molar-refractivity contribution in [3.63, 3.8) is 0 Å². The van der Waals surface area contributed by atoms with Crippen molar-refractivity contribution in [2.24, 2.45) is 5.92 Å². The number of para-hydroxylation sites is 3. The van der Waals surface area contributed by atoms with Crippen molar-refractivity contribution in [3.05, 3.63) is 59.9 Å². The van der Waals surface area contributed by atoms with Gasteiger partial charge in [0.25, 0.3) is 0 Å². The predicted octanol–water partition coefficient (Wildman–Crippen LogP) is 6.08. The van der Waals surface area contributed by atoms with E-state index in [1.807, 2.05) is 24.3 Å². The van der Waals surface area contributed by atoms with Gasteiger partial charge in [-0.15, -0.1) is 0 Å². The van der Waals surface area contributed by atoms with Crippen LogP contribution in [0.1, 0.15) is 63.8 Å². The zero-order valence-electron chi connectivity index (χ0n) is 20.5. The first-order chi connectivity index (χ1) is 16.1. The molecule has 0 saturated carbocycles. The number of nitrogens with zero attached hydrogens (tertiary/aromatic N) is 2. The summed E-state index contributed by atoms with van der Waals surface area (Å²) >= 11 is 0. The van der Waals surface area contributed by atoms with Crippen molar-refractivity contribution in [2.45, 2.75) is 72.3 Å². The normalized spacial score (nSPS) is 11.3. The van der Waals surface area contributed by atoms with Crippen molar-refractivity contribution < 1.29 is 9.53 Å². The van der Waals surface area contributed by atoms with Gasteiger partial charge >= 0.3 is 0 Å². The number of ether oxygens (including phenoxy) is 1. The fourth-order valence-electron chi connectivity index (χ4n) is 4.29. The topological polar surface area (TPSA) is 56.2 Å². The molecule has 0 spiro atoms. The van der Waals surface area contributed by atoms with E-state index in [9.17, 15) is 4.79 Å². The molecule has 0 saturated heterocycles. The summed E-state index contributed by atoms with van der Waals surface area (Å²) in [7, 11) is 0. The van der Waals surface area contributed by atoms with E-state index in [0.29, 0.717) is 6.61 Å². The summed E-state index contributed by atoms with van der Waals surface area (Å²) in [5.74, 6) is 2.46. The third-order valence-electron chi connectivity index (χ3n) is 6.34. The lowest BCUT2D eigenvalue weighted by Gasteiger charge is -2.13. The molecule has 0 radical (unpaired) electrons. The van der Waals surface area contributed by atoms with Gasteiger partial charge in [0.1, 0.15) is 11.6 Å². The molecule has 0 unspecified atom stereocenters. The lowest BCUT2D eigenvalue weighted by atomic mass is 10.0. The van der Waals surface area contributed by atoms with Gasteiger partial charge in [-0.05, 0) is 62.8 Å². The molecule has 0 aliphatic carbocycles. The van der Waals surface area contributed by atoms with Crippen LogP contribution >= 0.6 is 0 Å². The lowest BCUT2D eigenvalue weighted by Crippen LogP contribution is -2.30. The van der Waals surface area contributed by atoms with Crippen LogP contribution in [-0.4, -0.2) is 28.6 Å². The van der Waals surface area contributed by atoms with E-state index >= 15 is 0 Å². The van der Waals surface area contributed by atoms with Gasteiger partial charge in [-0.1, -0.05) is 50.6 Å². The highest BCUT2D eigenvalue weighted by Crippen LogP contribution is 2.20. The van der Waals surface area contributed by atoms with Crippen molar-refractivity contribution >= 4 is 16.9 Å². The van der Waals surface area contributed by atoms with Gasteiger partial charge in [0.2, 0.25) is 5.91 Å². The molecule has 5 heteroatoms. The minimum atomic E-state index is 0.152. The molecule has 0 aliphatic heterocycles. The van der Waals surface area contributed by atoms with Gasteiger partial charge in [0.05, 0.1) is 17.6 Å². The molecule has 33 heavy (non-hydrogen) atoms. The van der Waals surface area contributed by atoms with Crippen molar-refractivity contribution in [2.75, 3.05) is 13.2 Å². The number of unbranched alkanes of at least 4 members (excludes halogenated alkanes) is 2. The van der Waals surface area contributed by atoms with E-state index in [1.165, 1.54) is 11.1 Å². The van der Waals surface area contributed by atoms with E-state index in [1.54, 1.807) is 0 Å². The molecule has 0 aliphatic rings. The van der Waals surface area contributed by atoms with Gasteiger partial charge in [0, 0.05) is 25.4 Å². The zero-order valence-corrected chi connectivity index (χ0v) is 20.5. The number of hydrogen-bond donors (Lipinski definition) is 1. The number of carbonyl (C=O) groups excluding carboxylic acids is 1. The summed E-state index contributed by atoms with van der Waals surface area (Å²) in [6, 6.07) is 16.5. The summed E-state index contributed by atoms with van der Waals surface area (Å²) in [6.45, 7) is 8.58. The van der Waals surface area contributed by atoms with E-state index in [4.69, 9.17) is 9.72 Å². The van der Waals surface area contributed by atoms with E-state index in [-0.39, 0.29) is 11.8 Å². The minimum Gasteiger partial charge on any atom is -0.493 e. The van der Waals surface area contributed by atoms with Gasteiger partial charge in [-0.2, -0.15) is 0 Å². The number of rotatable bonds is 14. The smallest absolute Gasteiger partial charge is 0.223 e. The fraction of sp³-hybridized carbons (Fsp3) is 0.500.